The Morgan fingerprint density at radius 2 is 2.22 bits per heavy atom. The Balaban J connectivity index is 2.54. The van der Waals surface area contributed by atoms with Gasteiger partial charge in [0.1, 0.15) is 5.65 Å². The quantitative estimate of drug-likeness (QED) is 0.828. The summed E-state index contributed by atoms with van der Waals surface area (Å²) in [5.74, 6) is 0.868. The number of aromatic nitrogens is 2. The summed E-state index contributed by atoms with van der Waals surface area (Å²) in [7, 11) is 0. The SMILES string of the molecule is CC(C)N(CCO)c1nc2ccccn2c1CN. The molecule has 0 bridgehead atoms. The van der Waals surface area contributed by atoms with Gasteiger partial charge in [-0.05, 0) is 26.0 Å². The minimum Gasteiger partial charge on any atom is -0.395 e. The van der Waals surface area contributed by atoms with Crippen LogP contribution in [0.25, 0.3) is 5.65 Å². The second-order valence-electron chi connectivity index (χ2n) is 4.53. The summed E-state index contributed by atoms with van der Waals surface area (Å²) in [5, 5.41) is 9.18. The van der Waals surface area contributed by atoms with Gasteiger partial charge in [0.15, 0.2) is 5.82 Å². The van der Waals surface area contributed by atoms with E-state index in [0.29, 0.717) is 13.1 Å². The van der Waals surface area contributed by atoms with Crippen LogP contribution in [-0.2, 0) is 6.54 Å². The molecule has 98 valence electrons. The van der Waals surface area contributed by atoms with Crippen molar-refractivity contribution in [2.24, 2.45) is 5.73 Å². The zero-order valence-electron chi connectivity index (χ0n) is 10.9. The fourth-order valence-electron chi connectivity index (χ4n) is 2.17. The lowest BCUT2D eigenvalue weighted by molar-refractivity contribution is 0.298. The van der Waals surface area contributed by atoms with Crippen molar-refractivity contribution in [1.29, 1.82) is 0 Å². The van der Waals surface area contributed by atoms with Crippen LogP contribution in [0.15, 0.2) is 24.4 Å². The van der Waals surface area contributed by atoms with Crippen LogP contribution >= 0.6 is 0 Å². The Labute approximate surface area is 107 Å². The predicted octanol–water partition coefficient (Wildman–Crippen LogP) is 1.00. The molecule has 0 aliphatic carbocycles. The summed E-state index contributed by atoms with van der Waals surface area (Å²) in [4.78, 5) is 6.70. The highest BCUT2D eigenvalue weighted by atomic mass is 16.3. The first-order chi connectivity index (χ1) is 8.69. The van der Waals surface area contributed by atoms with Crippen molar-refractivity contribution in [3.63, 3.8) is 0 Å². The number of hydrogen-bond acceptors (Lipinski definition) is 4. The molecule has 5 nitrogen and oxygen atoms in total. The highest BCUT2D eigenvalue weighted by Crippen LogP contribution is 2.22. The van der Waals surface area contributed by atoms with E-state index in [1.54, 1.807) is 0 Å². The Morgan fingerprint density at radius 1 is 1.44 bits per heavy atom. The van der Waals surface area contributed by atoms with E-state index in [9.17, 15) is 5.11 Å². The molecular formula is C13H20N4O. The standard InChI is InChI=1S/C13H20N4O/c1-10(2)16(7-8-18)13-11(9-14)17-6-4-3-5-12(17)15-13/h3-6,10,18H,7-9,14H2,1-2H3. The minimum atomic E-state index is 0.107. The van der Waals surface area contributed by atoms with E-state index in [4.69, 9.17) is 5.73 Å². The molecule has 0 saturated carbocycles. The van der Waals surface area contributed by atoms with Crippen LogP contribution in [0, 0.1) is 0 Å². The summed E-state index contributed by atoms with van der Waals surface area (Å²) in [5.41, 5.74) is 7.71. The van der Waals surface area contributed by atoms with Gasteiger partial charge in [-0.25, -0.2) is 4.98 Å². The first-order valence-electron chi connectivity index (χ1n) is 6.22. The molecule has 0 fully saturated rings. The van der Waals surface area contributed by atoms with Gasteiger partial charge in [0, 0.05) is 25.3 Å². The van der Waals surface area contributed by atoms with E-state index < -0.39 is 0 Å². The zero-order chi connectivity index (χ0) is 13.1. The average Bonchev–Trinajstić information content (AvgIpc) is 2.73. The van der Waals surface area contributed by atoms with Crippen LogP contribution in [0.3, 0.4) is 0 Å². The van der Waals surface area contributed by atoms with Crippen LogP contribution in [-0.4, -0.2) is 33.7 Å². The second kappa shape index (κ2) is 5.37. The molecule has 0 spiro atoms. The van der Waals surface area contributed by atoms with Crippen LogP contribution in [0.4, 0.5) is 5.82 Å². The first kappa shape index (κ1) is 12.9. The van der Waals surface area contributed by atoms with Crippen LogP contribution in [0.1, 0.15) is 19.5 Å². The summed E-state index contributed by atoms with van der Waals surface area (Å²) in [6.07, 6.45) is 1.96. The Morgan fingerprint density at radius 3 is 2.83 bits per heavy atom. The summed E-state index contributed by atoms with van der Waals surface area (Å²) in [6.45, 7) is 5.26. The summed E-state index contributed by atoms with van der Waals surface area (Å²) < 4.78 is 2.00. The minimum absolute atomic E-state index is 0.107. The maximum absolute atomic E-state index is 9.18. The zero-order valence-corrected chi connectivity index (χ0v) is 10.9. The van der Waals surface area contributed by atoms with Crippen molar-refractivity contribution in [2.45, 2.75) is 26.4 Å². The number of aliphatic hydroxyl groups excluding tert-OH is 1. The highest BCUT2D eigenvalue weighted by Gasteiger charge is 2.18. The van der Waals surface area contributed by atoms with E-state index in [1.807, 2.05) is 28.8 Å². The topological polar surface area (TPSA) is 66.8 Å². The summed E-state index contributed by atoms with van der Waals surface area (Å²) >= 11 is 0. The van der Waals surface area contributed by atoms with Crippen molar-refractivity contribution in [3.05, 3.63) is 30.1 Å². The molecule has 0 atom stereocenters. The lowest BCUT2D eigenvalue weighted by Crippen LogP contribution is -2.34. The number of rotatable bonds is 5. The number of nitrogens with two attached hydrogens (primary N) is 1. The number of anilines is 1. The predicted molar refractivity (Wildman–Crippen MR) is 72.7 cm³/mol. The molecular weight excluding hydrogens is 228 g/mol. The molecule has 0 aliphatic rings. The van der Waals surface area contributed by atoms with Gasteiger partial charge >= 0.3 is 0 Å². The van der Waals surface area contributed by atoms with Crippen LogP contribution < -0.4 is 10.6 Å². The fourth-order valence-corrected chi connectivity index (χ4v) is 2.17. The third-order valence-corrected chi connectivity index (χ3v) is 3.04. The van der Waals surface area contributed by atoms with Crippen LogP contribution in [0.2, 0.25) is 0 Å². The molecule has 0 aliphatic heterocycles. The van der Waals surface area contributed by atoms with Crippen molar-refractivity contribution >= 4 is 11.5 Å². The number of pyridine rings is 1. The van der Waals surface area contributed by atoms with Gasteiger partial charge in [0.05, 0.1) is 12.3 Å². The Kier molecular flexibility index (Phi) is 3.84. The molecule has 2 heterocycles. The van der Waals surface area contributed by atoms with Crippen molar-refractivity contribution in [1.82, 2.24) is 9.38 Å². The fraction of sp³-hybridized carbons (Fsp3) is 0.462. The van der Waals surface area contributed by atoms with Gasteiger partial charge in [-0.15, -0.1) is 0 Å². The molecule has 0 unspecified atom stereocenters. The average molecular weight is 248 g/mol. The number of hydrogen-bond donors (Lipinski definition) is 2. The van der Waals surface area contributed by atoms with E-state index >= 15 is 0 Å². The molecule has 5 heteroatoms. The largest absolute Gasteiger partial charge is 0.395 e. The van der Waals surface area contributed by atoms with Crippen molar-refractivity contribution < 1.29 is 5.11 Å². The number of nitrogens with zero attached hydrogens (tertiary/aromatic N) is 3. The Hall–Kier alpha value is -1.59. The van der Waals surface area contributed by atoms with E-state index in [2.05, 4.69) is 23.7 Å². The molecule has 0 aromatic carbocycles. The molecule has 2 aromatic heterocycles. The third kappa shape index (κ3) is 2.19. The van der Waals surface area contributed by atoms with Gasteiger partial charge in [-0.2, -0.15) is 0 Å². The van der Waals surface area contributed by atoms with E-state index in [0.717, 1.165) is 17.2 Å². The van der Waals surface area contributed by atoms with Gasteiger partial charge in [-0.3, -0.25) is 0 Å². The molecule has 0 saturated heterocycles. The third-order valence-electron chi connectivity index (χ3n) is 3.04. The summed E-state index contributed by atoms with van der Waals surface area (Å²) in [6, 6.07) is 6.15. The van der Waals surface area contributed by atoms with E-state index in [1.165, 1.54) is 0 Å². The van der Waals surface area contributed by atoms with E-state index in [-0.39, 0.29) is 12.6 Å². The monoisotopic (exact) mass is 248 g/mol. The maximum Gasteiger partial charge on any atom is 0.152 e. The van der Waals surface area contributed by atoms with Gasteiger partial charge < -0.3 is 20.1 Å². The highest BCUT2D eigenvalue weighted by molar-refractivity contribution is 5.56. The maximum atomic E-state index is 9.18. The lowest BCUT2D eigenvalue weighted by Gasteiger charge is -2.26. The molecule has 2 rings (SSSR count). The van der Waals surface area contributed by atoms with Crippen LogP contribution in [0.5, 0.6) is 0 Å². The smallest absolute Gasteiger partial charge is 0.152 e. The van der Waals surface area contributed by atoms with Gasteiger partial charge in [-0.1, -0.05) is 6.07 Å². The molecule has 18 heavy (non-hydrogen) atoms. The number of imidazole rings is 1. The number of fused-ring (bicyclic) bond motifs is 1. The molecule has 0 amide bonds. The van der Waals surface area contributed by atoms with Crippen molar-refractivity contribution in [3.8, 4) is 0 Å². The van der Waals surface area contributed by atoms with Crippen molar-refractivity contribution in [2.75, 3.05) is 18.1 Å². The lowest BCUT2D eigenvalue weighted by atomic mass is 10.3. The Bertz CT molecular complexity index is 521. The first-order valence-corrected chi connectivity index (χ1v) is 6.22. The number of aliphatic hydroxyl groups is 1. The molecule has 2 aromatic rings. The normalized spacial score (nSPS) is 11.4. The molecule has 0 radical (unpaired) electrons. The van der Waals surface area contributed by atoms with Gasteiger partial charge in [0.2, 0.25) is 0 Å². The molecule has 3 N–H and O–H groups in total. The van der Waals surface area contributed by atoms with Gasteiger partial charge in [0.25, 0.3) is 0 Å². The second-order valence-corrected chi connectivity index (χ2v) is 4.53.